The first kappa shape index (κ1) is 20.7. The molecule has 0 amide bonds. The van der Waals surface area contributed by atoms with Crippen LogP contribution in [0.3, 0.4) is 0 Å². The number of H-pyrrole nitrogens is 1. The second-order valence-corrected chi connectivity index (χ2v) is 6.97. The summed E-state index contributed by atoms with van der Waals surface area (Å²) in [4.78, 5) is 23.3. The van der Waals surface area contributed by atoms with Gasteiger partial charge >= 0.3 is 0 Å². The van der Waals surface area contributed by atoms with Gasteiger partial charge in [-0.1, -0.05) is 30.3 Å². The summed E-state index contributed by atoms with van der Waals surface area (Å²) in [5.74, 6) is 2.65. The topological polar surface area (TPSA) is 112 Å². The number of benzene rings is 1. The fraction of sp³-hybridized carbons (Fsp3) is 0.368. The quantitative estimate of drug-likeness (QED) is 0.414. The fourth-order valence-electron chi connectivity index (χ4n) is 2.71. The Hall–Kier alpha value is -3.01. The molecular weight excluding hydrogens is 396 g/mol. The zero-order valence-corrected chi connectivity index (χ0v) is 17.5. The lowest BCUT2D eigenvalue weighted by atomic mass is 10.1. The molecule has 0 aliphatic rings. The summed E-state index contributed by atoms with van der Waals surface area (Å²) in [5.41, 5.74) is 1.26. The van der Waals surface area contributed by atoms with E-state index in [1.54, 1.807) is 26.4 Å². The van der Waals surface area contributed by atoms with Crippen LogP contribution < -0.4 is 19.8 Å². The van der Waals surface area contributed by atoms with Gasteiger partial charge < -0.3 is 23.7 Å². The number of aromatic nitrogens is 4. The predicted molar refractivity (Wildman–Crippen MR) is 108 cm³/mol. The molecule has 0 fully saturated rings. The molecule has 0 unspecified atom stereocenters. The van der Waals surface area contributed by atoms with Gasteiger partial charge in [-0.25, -0.2) is 4.98 Å². The third kappa shape index (κ3) is 4.89. The Morgan fingerprint density at radius 1 is 1.07 bits per heavy atom. The molecule has 0 bridgehead atoms. The van der Waals surface area contributed by atoms with Crippen molar-refractivity contribution >= 4 is 11.8 Å². The zero-order valence-electron chi connectivity index (χ0n) is 16.6. The van der Waals surface area contributed by atoms with Gasteiger partial charge in [0.25, 0.3) is 5.56 Å². The molecule has 1 N–H and O–H groups in total. The monoisotopic (exact) mass is 418 g/mol. The van der Waals surface area contributed by atoms with Gasteiger partial charge in [0.2, 0.25) is 17.5 Å². The average Bonchev–Trinajstić information content (AvgIpc) is 3.20. The Morgan fingerprint density at radius 3 is 2.41 bits per heavy atom. The highest BCUT2D eigenvalue weighted by atomic mass is 32.2. The summed E-state index contributed by atoms with van der Waals surface area (Å²) in [7, 11) is 4.62. The van der Waals surface area contributed by atoms with Crippen molar-refractivity contribution < 1.29 is 18.7 Å². The second kappa shape index (κ2) is 9.46. The molecule has 2 aromatic heterocycles. The smallest absolute Gasteiger partial charge is 0.251 e. The van der Waals surface area contributed by atoms with E-state index in [4.69, 9.17) is 18.7 Å². The largest absolute Gasteiger partial charge is 0.493 e. The van der Waals surface area contributed by atoms with Gasteiger partial charge in [0.1, 0.15) is 0 Å². The number of nitrogens with zero attached hydrogens (tertiary/aromatic N) is 3. The number of hydrogen-bond donors (Lipinski definition) is 1. The van der Waals surface area contributed by atoms with E-state index in [0.29, 0.717) is 45.4 Å². The molecular formula is C19H22N4O5S. The lowest BCUT2D eigenvalue weighted by molar-refractivity contribution is 0.324. The maximum absolute atomic E-state index is 11.8. The van der Waals surface area contributed by atoms with Crippen molar-refractivity contribution in [2.24, 2.45) is 0 Å². The third-order valence-electron chi connectivity index (χ3n) is 4.00. The van der Waals surface area contributed by atoms with Gasteiger partial charge in [0.05, 0.1) is 27.1 Å². The Balaban J connectivity index is 1.79. The first-order valence-corrected chi connectivity index (χ1v) is 9.92. The van der Waals surface area contributed by atoms with E-state index < -0.39 is 0 Å². The van der Waals surface area contributed by atoms with Crippen molar-refractivity contribution in [1.29, 1.82) is 0 Å². The Morgan fingerprint density at radius 2 is 1.79 bits per heavy atom. The summed E-state index contributed by atoms with van der Waals surface area (Å²) >= 11 is 1.33. The van der Waals surface area contributed by atoms with Crippen molar-refractivity contribution in [2.75, 3.05) is 21.3 Å². The molecule has 0 radical (unpaired) electrons. The molecule has 2 heterocycles. The SMILES string of the molecule is CCCc1cc(=O)[nH]c(SCc2nc(-c3cc(OC)c(OC)c(OC)c3)no2)n1. The van der Waals surface area contributed by atoms with Crippen molar-refractivity contribution in [3.8, 4) is 28.6 Å². The standard InChI is InChI=1S/C19H22N4O5S/c1-5-6-12-9-15(24)21-19(20-12)29-10-16-22-18(23-28-16)11-7-13(25-2)17(27-4)14(8-11)26-3/h7-9H,5-6,10H2,1-4H3,(H,20,21,24). The number of ether oxygens (including phenoxy) is 3. The predicted octanol–water partition coefficient (Wildman–Crippen LogP) is 3.09. The Bertz CT molecular complexity index is 1010. The first-order valence-electron chi connectivity index (χ1n) is 8.94. The Labute approximate surface area is 171 Å². The van der Waals surface area contributed by atoms with Gasteiger partial charge in [-0.3, -0.25) is 4.79 Å². The van der Waals surface area contributed by atoms with Crippen molar-refractivity contribution in [2.45, 2.75) is 30.7 Å². The van der Waals surface area contributed by atoms with E-state index in [2.05, 4.69) is 20.1 Å². The Kier molecular flexibility index (Phi) is 6.76. The molecule has 0 spiro atoms. The summed E-state index contributed by atoms with van der Waals surface area (Å²) in [6.07, 6.45) is 1.67. The van der Waals surface area contributed by atoms with E-state index in [0.717, 1.165) is 18.5 Å². The molecule has 0 saturated carbocycles. The highest BCUT2D eigenvalue weighted by Crippen LogP contribution is 2.40. The highest BCUT2D eigenvalue weighted by molar-refractivity contribution is 7.98. The third-order valence-corrected chi connectivity index (χ3v) is 4.86. The average molecular weight is 418 g/mol. The molecule has 3 aromatic rings. The van der Waals surface area contributed by atoms with Crippen molar-refractivity contribution in [1.82, 2.24) is 20.1 Å². The van der Waals surface area contributed by atoms with Gasteiger partial charge in [0, 0.05) is 17.3 Å². The van der Waals surface area contributed by atoms with Crippen molar-refractivity contribution in [3.63, 3.8) is 0 Å². The van der Waals surface area contributed by atoms with Crippen LogP contribution in [0.25, 0.3) is 11.4 Å². The van der Waals surface area contributed by atoms with Crippen LogP contribution in [0.1, 0.15) is 24.9 Å². The number of nitrogens with one attached hydrogen (secondary N) is 1. The van der Waals surface area contributed by atoms with Crippen molar-refractivity contribution in [3.05, 3.63) is 40.1 Å². The van der Waals surface area contributed by atoms with Crippen LogP contribution in [-0.4, -0.2) is 41.4 Å². The summed E-state index contributed by atoms with van der Waals surface area (Å²) in [5, 5.41) is 4.55. The number of aromatic amines is 1. The normalized spacial score (nSPS) is 10.8. The maximum atomic E-state index is 11.8. The molecule has 9 nitrogen and oxygen atoms in total. The van der Waals surface area contributed by atoms with Crippen LogP contribution in [-0.2, 0) is 12.2 Å². The van der Waals surface area contributed by atoms with E-state index in [-0.39, 0.29) is 5.56 Å². The van der Waals surface area contributed by atoms with Crippen LogP contribution in [0.15, 0.2) is 32.7 Å². The number of rotatable bonds is 9. The van der Waals surface area contributed by atoms with Crippen LogP contribution >= 0.6 is 11.8 Å². The number of thioether (sulfide) groups is 1. The van der Waals surface area contributed by atoms with E-state index >= 15 is 0 Å². The molecule has 0 saturated heterocycles. The molecule has 154 valence electrons. The van der Waals surface area contributed by atoms with E-state index in [9.17, 15) is 4.79 Å². The number of hydrogen-bond acceptors (Lipinski definition) is 9. The van der Waals surface area contributed by atoms with Crippen LogP contribution in [0.2, 0.25) is 0 Å². The summed E-state index contributed by atoms with van der Waals surface area (Å²) < 4.78 is 21.4. The molecule has 1 aromatic carbocycles. The highest BCUT2D eigenvalue weighted by Gasteiger charge is 2.17. The molecule has 3 rings (SSSR count). The van der Waals surface area contributed by atoms with Crippen LogP contribution in [0, 0.1) is 0 Å². The van der Waals surface area contributed by atoms with Crippen LogP contribution in [0.4, 0.5) is 0 Å². The molecule has 0 aliphatic carbocycles. The zero-order chi connectivity index (χ0) is 20.8. The minimum absolute atomic E-state index is 0.172. The molecule has 29 heavy (non-hydrogen) atoms. The second-order valence-electron chi connectivity index (χ2n) is 6.01. The van der Waals surface area contributed by atoms with Gasteiger partial charge in [-0.15, -0.1) is 0 Å². The van der Waals surface area contributed by atoms with E-state index in [1.165, 1.54) is 24.9 Å². The minimum atomic E-state index is -0.172. The van der Waals surface area contributed by atoms with Gasteiger partial charge in [-0.05, 0) is 18.6 Å². The lowest BCUT2D eigenvalue weighted by Gasteiger charge is -2.12. The first-order chi connectivity index (χ1) is 14.1. The minimum Gasteiger partial charge on any atom is -0.493 e. The number of aryl methyl sites for hydroxylation is 1. The summed E-state index contributed by atoms with van der Waals surface area (Å²) in [6, 6.07) is 5.01. The molecule has 10 heteroatoms. The number of methoxy groups -OCH3 is 3. The van der Waals surface area contributed by atoms with Crippen LogP contribution in [0.5, 0.6) is 17.2 Å². The molecule has 0 atom stereocenters. The fourth-order valence-corrected chi connectivity index (χ4v) is 3.44. The lowest BCUT2D eigenvalue weighted by Crippen LogP contribution is -2.09. The van der Waals surface area contributed by atoms with E-state index in [1.807, 2.05) is 6.92 Å². The van der Waals surface area contributed by atoms with Gasteiger partial charge in [0.15, 0.2) is 16.7 Å². The summed E-state index contributed by atoms with van der Waals surface area (Å²) in [6.45, 7) is 2.04. The molecule has 0 aliphatic heterocycles. The maximum Gasteiger partial charge on any atom is 0.251 e. The van der Waals surface area contributed by atoms with Gasteiger partial charge in [-0.2, -0.15) is 4.98 Å².